The van der Waals surface area contributed by atoms with E-state index in [1.54, 1.807) is 0 Å². The predicted molar refractivity (Wildman–Crippen MR) is 245 cm³/mol. The quantitative estimate of drug-likeness (QED) is 0.151. The van der Waals surface area contributed by atoms with Crippen LogP contribution in [0.3, 0.4) is 0 Å². The average molecular weight is 740 g/mol. The second kappa shape index (κ2) is 14.1. The van der Waals surface area contributed by atoms with Crippen LogP contribution in [0.5, 0.6) is 0 Å². The van der Waals surface area contributed by atoms with Gasteiger partial charge < -0.3 is 9.32 Å². The van der Waals surface area contributed by atoms with Gasteiger partial charge in [-0.05, 0) is 115 Å². The molecule has 0 aliphatic rings. The lowest BCUT2D eigenvalue weighted by Crippen LogP contribution is -2.12. The van der Waals surface area contributed by atoms with Crippen LogP contribution in [0.15, 0.2) is 229 Å². The fourth-order valence-corrected chi connectivity index (χ4v) is 8.71. The summed E-state index contributed by atoms with van der Waals surface area (Å²) in [6, 6.07) is 80.8. The summed E-state index contributed by atoms with van der Waals surface area (Å²) >= 11 is 0. The Labute approximate surface area is 337 Å². The van der Waals surface area contributed by atoms with Gasteiger partial charge in [0.1, 0.15) is 11.2 Å². The van der Waals surface area contributed by atoms with Gasteiger partial charge in [0.2, 0.25) is 0 Å². The molecule has 0 saturated heterocycles. The molecule has 0 unspecified atom stereocenters. The summed E-state index contributed by atoms with van der Waals surface area (Å²) < 4.78 is 6.55. The summed E-state index contributed by atoms with van der Waals surface area (Å²) in [5.74, 6) is 0. The lowest BCUT2D eigenvalue weighted by molar-refractivity contribution is 0.669. The van der Waals surface area contributed by atoms with Crippen molar-refractivity contribution in [2.45, 2.75) is 0 Å². The molecule has 0 saturated carbocycles. The number of hydrogen-bond donors (Lipinski definition) is 0. The van der Waals surface area contributed by atoms with Crippen molar-refractivity contribution in [1.29, 1.82) is 0 Å². The van der Waals surface area contributed by atoms with Gasteiger partial charge in [-0.25, -0.2) is 0 Å². The third-order valence-corrected chi connectivity index (χ3v) is 11.5. The summed E-state index contributed by atoms with van der Waals surface area (Å²) in [4.78, 5) is 2.41. The molecule has 10 aromatic carbocycles. The first kappa shape index (κ1) is 33.6. The summed E-state index contributed by atoms with van der Waals surface area (Å²) in [7, 11) is 0. The van der Waals surface area contributed by atoms with Gasteiger partial charge in [-0.1, -0.05) is 170 Å². The minimum absolute atomic E-state index is 0.869. The zero-order valence-corrected chi connectivity index (χ0v) is 31.7. The lowest BCUT2D eigenvalue weighted by Gasteiger charge is -2.30. The Balaban J connectivity index is 1.19. The molecule has 0 atom stereocenters. The SMILES string of the molecule is c1ccc(-c2ccc(N(c3ccc(-c4ccccc4)cc3)c3cccc(-c4cc5ccccc5c5ccccc45)c3-c3ccc4c(c3)oc3ccccc34)cc2)cc1. The van der Waals surface area contributed by atoms with Crippen molar-refractivity contribution in [2.75, 3.05) is 4.90 Å². The zero-order chi connectivity index (χ0) is 38.4. The molecule has 0 aliphatic carbocycles. The van der Waals surface area contributed by atoms with Gasteiger partial charge in [0.25, 0.3) is 0 Å². The first-order chi connectivity index (χ1) is 28.8. The normalized spacial score (nSPS) is 11.4. The number of rotatable bonds is 7. The molecule has 0 amide bonds. The Morgan fingerprint density at radius 3 is 1.48 bits per heavy atom. The molecule has 0 N–H and O–H groups in total. The van der Waals surface area contributed by atoms with Crippen molar-refractivity contribution in [1.82, 2.24) is 0 Å². The molecule has 0 bridgehead atoms. The standard InChI is InChI=1S/C56H37NO/c1-3-14-38(15-4-1)40-26-31-44(32-27-40)57(45-33-28-41(29-34-45)39-16-5-2-6-17-39)53-24-13-23-51(52-36-42-18-7-8-19-46(42)47-20-9-10-21-48(47)52)56(53)43-30-35-50-49-22-11-12-25-54(49)58-55(50)37-43/h1-37H. The topological polar surface area (TPSA) is 16.4 Å². The van der Waals surface area contributed by atoms with Crippen LogP contribution in [0.2, 0.25) is 0 Å². The zero-order valence-electron chi connectivity index (χ0n) is 31.7. The van der Waals surface area contributed by atoms with Crippen LogP contribution in [-0.4, -0.2) is 0 Å². The minimum Gasteiger partial charge on any atom is -0.456 e. The smallest absolute Gasteiger partial charge is 0.136 e. The van der Waals surface area contributed by atoms with Gasteiger partial charge in [0, 0.05) is 27.7 Å². The molecule has 0 spiro atoms. The van der Waals surface area contributed by atoms with E-state index in [-0.39, 0.29) is 0 Å². The third-order valence-electron chi connectivity index (χ3n) is 11.5. The highest BCUT2D eigenvalue weighted by molar-refractivity contribution is 6.16. The van der Waals surface area contributed by atoms with E-state index >= 15 is 0 Å². The van der Waals surface area contributed by atoms with Crippen molar-refractivity contribution in [2.24, 2.45) is 0 Å². The van der Waals surface area contributed by atoms with Crippen LogP contribution >= 0.6 is 0 Å². The largest absolute Gasteiger partial charge is 0.456 e. The fourth-order valence-electron chi connectivity index (χ4n) is 8.71. The number of benzene rings is 10. The van der Waals surface area contributed by atoms with Crippen LogP contribution in [-0.2, 0) is 0 Å². The Hall–Kier alpha value is -7.68. The maximum Gasteiger partial charge on any atom is 0.136 e. The van der Waals surface area contributed by atoms with E-state index in [9.17, 15) is 0 Å². The summed E-state index contributed by atoms with van der Waals surface area (Å²) in [5, 5.41) is 7.16. The number of para-hydroxylation sites is 1. The average Bonchev–Trinajstić information content (AvgIpc) is 3.68. The monoisotopic (exact) mass is 739 g/mol. The van der Waals surface area contributed by atoms with Gasteiger partial charge >= 0.3 is 0 Å². The molecule has 272 valence electrons. The molecule has 1 heterocycles. The van der Waals surface area contributed by atoms with Crippen molar-refractivity contribution in [3.63, 3.8) is 0 Å². The molecule has 0 radical (unpaired) electrons. The molecule has 2 nitrogen and oxygen atoms in total. The van der Waals surface area contributed by atoms with Crippen LogP contribution in [0.1, 0.15) is 0 Å². The first-order valence-electron chi connectivity index (χ1n) is 19.8. The molecule has 11 aromatic rings. The summed E-state index contributed by atoms with van der Waals surface area (Å²) in [5.41, 5.74) is 14.3. The third kappa shape index (κ3) is 5.82. The molecule has 0 fully saturated rings. The van der Waals surface area contributed by atoms with E-state index in [4.69, 9.17) is 4.42 Å². The van der Waals surface area contributed by atoms with Gasteiger partial charge in [-0.2, -0.15) is 0 Å². The highest BCUT2D eigenvalue weighted by Crippen LogP contribution is 2.48. The molecular weight excluding hydrogens is 703 g/mol. The molecule has 0 aliphatic heterocycles. The van der Waals surface area contributed by atoms with E-state index in [2.05, 4.69) is 223 Å². The minimum atomic E-state index is 0.869. The Kier molecular flexibility index (Phi) is 8.19. The summed E-state index contributed by atoms with van der Waals surface area (Å²) in [6.07, 6.45) is 0. The second-order valence-corrected chi connectivity index (χ2v) is 14.9. The van der Waals surface area contributed by atoms with Crippen molar-refractivity contribution >= 4 is 60.5 Å². The fraction of sp³-hybridized carbons (Fsp3) is 0. The van der Waals surface area contributed by atoms with Crippen molar-refractivity contribution in [3.8, 4) is 44.5 Å². The maximum atomic E-state index is 6.55. The van der Waals surface area contributed by atoms with E-state index in [0.29, 0.717) is 0 Å². The molecule has 2 heteroatoms. The Morgan fingerprint density at radius 1 is 0.293 bits per heavy atom. The predicted octanol–water partition coefficient (Wildman–Crippen LogP) is 16.0. The lowest BCUT2D eigenvalue weighted by atomic mass is 9.87. The van der Waals surface area contributed by atoms with Crippen molar-refractivity contribution < 1.29 is 4.42 Å². The van der Waals surface area contributed by atoms with Crippen LogP contribution in [0, 0.1) is 0 Å². The Bertz CT molecular complexity index is 3170. The highest BCUT2D eigenvalue weighted by Gasteiger charge is 2.23. The van der Waals surface area contributed by atoms with Crippen molar-refractivity contribution in [3.05, 3.63) is 224 Å². The van der Waals surface area contributed by atoms with Crippen LogP contribution in [0.25, 0.3) is 88.0 Å². The molecule has 11 rings (SSSR count). The number of fused-ring (bicyclic) bond motifs is 6. The number of hydrogen-bond acceptors (Lipinski definition) is 2. The Morgan fingerprint density at radius 2 is 0.810 bits per heavy atom. The molecule has 58 heavy (non-hydrogen) atoms. The number of furan rings is 1. The first-order valence-corrected chi connectivity index (χ1v) is 19.8. The number of anilines is 3. The van der Waals surface area contributed by atoms with Gasteiger partial charge in [0.15, 0.2) is 0 Å². The van der Waals surface area contributed by atoms with Crippen LogP contribution < -0.4 is 4.90 Å². The van der Waals surface area contributed by atoms with E-state index < -0.39 is 0 Å². The maximum absolute atomic E-state index is 6.55. The van der Waals surface area contributed by atoms with E-state index in [1.165, 1.54) is 49.4 Å². The van der Waals surface area contributed by atoms with Gasteiger partial charge in [-0.15, -0.1) is 0 Å². The highest BCUT2D eigenvalue weighted by atomic mass is 16.3. The van der Waals surface area contributed by atoms with Crippen LogP contribution in [0.4, 0.5) is 17.1 Å². The summed E-state index contributed by atoms with van der Waals surface area (Å²) in [6.45, 7) is 0. The van der Waals surface area contributed by atoms with Gasteiger partial charge in [0.05, 0.1) is 5.69 Å². The molecule has 1 aromatic heterocycles. The number of nitrogens with zero attached hydrogens (tertiary/aromatic N) is 1. The molecular formula is C56H37NO. The second-order valence-electron chi connectivity index (χ2n) is 14.9. The van der Waals surface area contributed by atoms with E-state index in [1.807, 2.05) is 6.07 Å². The van der Waals surface area contributed by atoms with Gasteiger partial charge in [-0.3, -0.25) is 0 Å². The van der Waals surface area contributed by atoms with E-state index in [0.717, 1.165) is 55.7 Å².